The zero-order valence-corrected chi connectivity index (χ0v) is 14.8. The number of halogens is 1. The van der Waals surface area contributed by atoms with E-state index in [9.17, 15) is 9.59 Å². The largest absolute Gasteiger partial charge is 0.320 e. The third-order valence-electron chi connectivity index (χ3n) is 5.30. The molecule has 2 aromatic carbocycles. The van der Waals surface area contributed by atoms with E-state index in [1.807, 2.05) is 19.1 Å². The maximum absolute atomic E-state index is 13.0. The van der Waals surface area contributed by atoms with E-state index >= 15 is 0 Å². The molecule has 2 aliphatic rings. The number of nitrogens with zero attached hydrogens (tertiary/aromatic N) is 1. The Kier molecular flexibility index (Phi) is 4.10. The Labute approximate surface area is 152 Å². The van der Waals surface area contributed by atoms with Crippen LogP contribution in [0.2, 0.25) is 5.02 Å². The molecule has 2 atom stereocenters. The minimum atomic E-state index is -0.305. The molecule has 25 heavy (non-hydrogen) atoms. The number of carbonyl (C=O) groups is 2. The highest BCUT2D eigenvalue weighted by atomic mass is 35.5. The van der Waals surface area contributed by atoms with Gasteiger partial charge in [0.05, 0.1) is 18.7 Å². The molecule has 2 aromatic rings. The number of imide groups is 1. The van der Waals surface area contributed by atoms with E-state index in [1.165, 1.54) is 20.9 Å². The maximum atomic E-state index is 13.0. The molecule has 0 aliphatic carbocycles. The number of nitrogens with one attached hydrogen (secondary N) is 1. The van der Waals surface area contributed by atoms with Gasteiger partial charge < -0.3 is 4.90 Å². The van der Waals surface area contributed by atoms with E-state index in [1.54, 1.807) is 12.1 Å². The van der Waals surface area contributed by atoms with Crippen molar-refractivity contribution < 1.29 is 14.5 Å². The Morgan fingerprint density at radius 1 is 1.12 bits per heavy atom. The molecule has 0 spiro atoms. The Morgan fingerprint density at radius 3 is 2.64 bits per heavy atom. The summed E-state index contributed by atoms with van der Waals surface area (Å²) in [5, 5.41) is 0.570. The highest BCUT2D eigenvalue weighted by Gasteiger charge is 2.46. The molecule has 1 N–H and O–H groups in total. The van der Waals surface area contributed by atoms with Crippen molar-refractivity contribution in [1.29, 1.82) is 0 Å². The minimum Gasteiger partial charge on any atom is -0.320 e. The molecule has 0 radical (unpaired) electrons. The molecule has 1 fully saturated rings. The predicted molar refractivity (Wildman–Crippen MR) is 96.8 cm³/mol. The monoisotopic (exact) mass is 355 g/mol. The quantitative estimate of drug-likeness (QED) is 0.836. The second-order valence-corrected chi connectivity index (χ2v) is 7.27. The Morgan fingerprint density at radius 2 is 1.88 bits per heavy atom. The van der Waals surface area contributed by atoms with Crippen molar-refractivity contribution in [3.8, 4) is 0 Å². The first-order chi connectivity index (χ1) is 12.0. The first-order valence-corrected chi connectivity index (χ1v) is 8.96. The van der Waals surface area contributed by atoms with Gasteiger partial charge in [-0.3, -0.25) is 9.59 Å². The molecule has 5 heteroatoms. The van der Waals surface area contributed by atoms with Gasteiger partial charge in [-0.2, -0.15) is 0 Å². The van der Waals surface area contributed by atoms with Gasteiger partial charge in [-0.25, -0.2) is 4.90 Å². The molecular weight excluding hydrogens is 336 g/mol. The van der Waals surface area contributed by atoms with Crippen molar-refractivity contribution in [3.63, 3.8) is 0 Å². The fraction of sp³-hybridized carbons (Fsp3) is 0.300. The first-order valence-electron chi connectivity index (χ1n) is 8.59. The summed E-state index contributed by atoms with van der Waals surface area (Å²) in [5.74, 6) is -0.249. The summed E-state index contributed by atoms with van der Waals surface area (Å²) in [4.78, 5) is 28.0. The van der Waals surface area contributed by atoms with Crippen LogP contribution in [0.3, 0.4) is 0 Å². The number of hydrogen-bond acceptors (Lipinski definition) is 2. The lowest BCUT2D eigenvalue weighted by Crippen LogP contribution is -3.16. The van der Waals surface area contributed by atoms with E-state index in [0.717, 1.165) is 25.1 Å². The van der Waals surface area contributed by atoms with Crippen molar-refractivity contribution >= 4 is 29.1 Å². The lowest BCUT2D eigenvalue weighted by atomic mass is 9.98. The summed E-state index contributed by atoms with van der Waals surface area (Å²) in [6, 6.07) is 13.4. The number of rotatable bonds is 2. The zero-order chi connectivity index (χ0) is 17.6. The number of carbonyl (C=O) groups excluding carboxylic acids is 2. The molecule has 1 saturated heterocycles. The number of amides is 2. The van der Waals surface area contributed by atoms with E-state index in [2.05, 4.69) is 18.2 Å². The number of benzene rings is 2. The van der Waals surface area contributed by atoms with Crippen LogP contribution >= 0.6 is 11.6 Å². The van der Waals surface area contributed by atoms with Gasteiger partial charge in [-0.1, -0.05) is 41.9 Å². The molecule has 0 saturated carbocycles. The van der Waals surface area contributed by atoms with E-state index in [0.29, 0.717) is 10.7 Å². The number of fused-ring (bicyclic) bond motifs is 1. The Hall–Kier alpha value is -2.17. The van der Waals surface area contributed by atoms with Gasteiger partial charge in [0.15, 0.2) is 6.04 Å². The van der Waals surface area contributed by atoms with E-state index in [-0.39, 0.29) is 24.3 Å². The summed E-state index contributed by atoms with van der Waals surface area (Å²) in [6.07, 6.45) is 1.21. The van der Waals surface area contributed by atoms with Crippen LogP contribution in [-0.4, -0.2) is 24.4 Å². The van der Waals surface area contributed by atoms with Crippen LogP contribution < -0.4 is 9.80 Å². The minimum absolute atomic E-state index is 0.112. The number of aryl methyl sites for hydroxylation is 1. The van der Waals surface area contributed by atoms with Crippen molar-refractivity contribution in [2.24, 2.45) is 0 Å². The maximum Gasteiger partial charge on any atom is 0.292 e. The van der Waals surface area contributed by atoms with Crippen LogP contribution in [0.15, 0.2) is 42.5 Å². The lowest BCUT2D eigenvalue weighted by Gasteiger charge is -2.29. The third kappa shape index (κ3) is 2.86. The smallest absolute Gasteiger partial charge is 0.292 e. The molecule has 128 valence electrons. The van der Waals surface area contributed by atoms with Gasteiger partial charge in [0.25, 0.3) is 5.91 Å². The van der Waals surface area contributed by atoms with Gasteiger partial charge in [0.2, 0.25) is 5.91 Å². The molecular formula is C20H20ClN2O2+. The Balaban J connectivity index is 1.58. The summed E-state index contributed by atoms with van der Waals surface area (Å²) in [7, 11) is 0. The van der Waals surface area contributed by atoms with Gasteiger partial charge in [-0.05, 0) is 30.2 Å². The van der Waals surface area contributed by atoms with Crippen molar-refractivity contribution in [2.75, 3.05) is 11.4 Å². The second-order valence-electron chi connectivity index (χ2n) is 6.86. The van der Waals surface area contributed by atoms with Crippen LogP contribution in [0.1, 0.15) is 23.1 Å². The molecule has 2 heterocycles. The van der Waals surface area contributed by atoms with Gasteiger partial charge in [0.1, 0.15) is 6.54 Å². The predicted octanol–water partition coefficient (Wildman–Crippen LogP) is 1.92. The second kappa shape index (κ2) is 6.28. The topological polar surface area (TPSA) is 41.8 Å². The van der Waals surface area contributed by atoms with Crippen LogP contribution in [0.5, 0.6) is 0 Å². The SMILES string of the molecule is Cc1ccc(N2C(=O)C[C@@H]([NH+]3CCc4ccccc4C3)C2=O)cc1Cl. The van der Waals surface area contributed by atoms with Crippen LogP contribution in [-0.2, 0) is 22.6 Å². The van der Waals surface area contributed by atoms with Crippen LogP contribution in [0.4, 0.5) is 5.69 Å². The average molecular weight is 356 g/mol. The van der Waals surface area contributed by atoms with Crippen molar-refractivity contribution in [1.82, 2.24) is 0 Å². The Bertz CT molecular complexity index is 865. The summed E-state index contributed by atoms with van der Waals surface area (Å²) in [6.45, 7) is 3.57. The number of hydrogen-bond donors (Lipinski definition) is 1. The highest BCUT2D eigenvalue weighted by molar-refractivity contribution is 6.32. The van der Waals surface area contributed by atoms with Crippen LogP contribution in [0, 0.1) is 6.92 Å². The molecule has 0 aromatic heterocycles. The van der Waals surface area contributed by atoms with Gasteiger partial charge >= 0.3 is 0 Å². The van der Waals surface area contributed by atoms with Crippen molar-refractivity contribution in [2.45, 2.75) is 32.4 Å². The third-order valence-corrected chi connectivity index (χ3v) is 5.71. The van der Waals surface area contributed by atoms with Gasteiger partial charge in [-0.15, -0.1) is 0 Å². The lowest BCUT2D eigenvalue weighted by molar-refractivity contribution is -0.930. The normalized spacial score (nSPS) is 23.0. The van der Waals surface area contributed by atoms with Crippen LogP contribution in [0.25, 0.3) is 0 Å². The number of anilines is 1. The molecule has 2 aliphatic heterocycles. The fourth-order valence-corrected chi connectivity index (χ4v) is 4.02. The summed E-state index contributed by atoms with van der Waals surface area (Å²) in [5.41, 5.74) is 4.13. The molecule has 2 amide bonds. The first kappa shape index (κ1) is 16.3. The highest BCUT2D eigenvalue weighted by Crippen LogP contribution is 2.27. The zero-order valence-electron chi connectivity index (χ0n) is 14.1. The molecule has 0 bridgehead atoms. The molecule has 4 nitrogen and oxygen atoms in total. The van der Waals surface area contributed by atoms with Crippen molar-refractivity contribution in [3.05, 3.63) is 64.2 Å². The van der Waals surface area contributed by atoms with E-state index < -0.39 is 0 Å². The molecule has 4 rings (SSSR count). The fourth-order valence-electron chi connectivity index (χ4n) is 3.84. The van der Waals surface area contributed by atoms with Gasteiger partial charge in [0, 0.05) is 17.0 Å². The summed E-state index contributed by atoms with van der Waals surface area (Å²) < 4.78 is 0. The summed E-state index contributed by atoms with van der Waals surface area (Å²) >= 11 is 6.17. The molecule has 1 unspecified atom stereocenters. The van der Waals surface area contributed by atoms with E-state index in [4.69, 9.17) is 11.6 Å². The number of quaternary nitrogens is 1. The average Bonchev–Trinajstić information content (AvgIpc) is 2.91. The standard InChI is InChI=1S/C20H19ClN2O2/c1-13-6-7-16(10-17(13)21)23-19(24)11-18(20(23)25)22-9-8-14-4-2-3-5-15(14)12-22/h2-7,10,18H,8-9,11-12H2,1H3/p+1/t18-/m1/s1.